The lowest BCUT2D eigenvalue weighted by molar-refractivity contribution is 1.19. The van der Waals surface area contributed by atoms with Crippen LogP contribution in [0.4, 0.5) is 17.5 Å². The summed E-state index contributed by atoms with van der Waals surface area (Å²) in [6.07, 6.45) is 12.8. The molecule has 0 aliphatic carbocycles. The average molecular weight is 347 g/mol. The molecule has 132 valence electrons. The highest BCUT2D eigenvalue weighted by atomic mass is 15.1. The maximum atomic E-state index is 4.53. The van der Waals surface area contributed by atoms with Crippen molar-refractivity contribution in [2.45, 2.75) is 6.92 Å². The Bertz CT molecular complexity index is 1050. The molecule has 0 saturated carbocycles. The van der Waals surface area contributed by atoms with Crippen molar-refractivity contribution < 1.29 is 2.85 Å². The second-order valence-electron chi connectivity index (χ2n) is 5.60. The van der Waals surface area contributed by atoms with Crippen LogP contribution in [0.15, 0.2) is 67.5 Å². The molecule has 0 aromatic carbocycles. The first-order valence-electron chi connectivity index (χ1n) is 8.19. The molecule has 4 aromatic heterocycles. The Balaban J connectivity index is 0.00000140. The lowest BCUT2D eigenvalue weighted by Gasteiger charge is -2.04. The van der Waals surface area contributed by atoms with Gasteiger partial charge in [-0.1, -0.05) is 6.08 Å². The van der Waals surface area contributed by atoms with Crippen molar-refractivity contribution in [2.75, 3.05) is 10.6 Å². The van der Waals surface area contributed by atoms with Crippen LogP contribution in [0.2, 0.25) is 0 Å². The fraction of sp³-hybridized carbons (Fsp3) is 0.0526. The summed E-state index contributed by atoms with van der Waals surface area (Å²) < 4.78 is 0. The molecule has 0 amide bonds. The van der Waals surface area contributed by atoms with Gasteiger partial charge in [0.2, 0.25) is 5.95 Å². The zero-order valence-corrected chi connectivity index (χ0v) is 14.1. The molecule has 0 atom stereocenters. The lowest BCUT2D eigenvalue weighted by Crippen LogP contribution is -1.96. The molecular formula is C19H21N7. The Morgan fingerprint density at radius 3 is 2.73 bits per heavy atom. The molecule has 4 rings (SSSR count). The predicted molar refractivity (Wildman–Crippen MR) is 107 cm³/mol. The summed E-state index contributed by atoms with van der Waals surface area (Å²) in [6, 6.07) is 7.68. The summed E-state index contributed by atoms with van der Waals surface area (Å²) in [5, 5.41) is 7.21. The number of hydrogen-bond donors (Lipinski definition) is 3. The summed E-state index contributed by atoms with van der Waals surface area (Å²) in [5.41, 5.74) is 3.67. The second kappa shape index (κ2) is 7.02. The van der Waals surface area contributed by atoms with Gasteiger partial charge in [-0.3, -0.25) is 4.98 Å². The number of aromatic nitrogens is 5. The first kappa shape index (κ1) is 15.8. The van der Waals surface area contributed by atoms with Gasteiger partial charge in [-0.25, -0.2) is 9.97 Å². The molecule has 4 heterocycles. The molecule has 3 N–H and O–H groups in total. The van der Waals surface area contributed by atoms with Gasteiger partial charge in [-0.2, -0.15) is 4.98 Å². The highest BCUT2D eigenvalue weighted by Gasteiger charge is 2.09. The van der Waals surface area contributed by atoms with Crippen LogP contribution in [0.5, 0.6) is 0 Å². The number of nitrogens with one attached hydrogen (secondary N) is 3. The quantitative estimate of drug-likeness (QED) is 0.489. The van der Waals surface area contributed by atoms with Crippen LogP contribution >= 0.6 is 0 Å². The van der Waals surface area contributed by atoms with E-state index >= 15 is 0 Å². The van der Waals surface area contributed by atoms with E-state index < -0.39 is 0 Å². The molecule has 0 fully saturated rings. The highest BCUT2D eigenvalue weighted by Crippen LogP contribution is 2.28. The van der Waals surface area contributed by atoms with E-state index in [9.17, 15) is 0 Å². The number of fused-ring (bicyclic) bond motifs is 1. The fourth-order valence-corrected chi connectivity index (χ4v) is 2.58. The van der Waals surface area contributed by atoms with Gasteiger partial charge in [0.25, 0.3) is 0 Å². The average Bonchev–Trinajstić information content (AvgIpc) is 3.11. The number of pyridine rings is 2. The van der Waals surface area contributed by atoms with E-state index in [1.165, 1.54) is 0 Å². The van der Waals surface area contributed by atoms with Gasteiger partial charge < -0.3 is 15.6 Å². The Kier molecular flexibility index (Phi) is 4.26. The Morgan fingerprint density at radius 1 is 1.08 bits per heavy atom. The normalized spacial score (nSPS) is 11.1. The summed E-state index contributed by atoms with van der Waals surface area (Å²) >= 11 is 0. The first-order chi connectivity index (χ1) is 12.8. The molecular weight excluding hydrogens is 326 g/mol. The Labute approximate surface area is 153 Å². The van der Waals surface area contributed by atoms with Crippen molar-refractivity contribution in [1.82, 2.24) is 24.9 Å². The number of H-pyrrole nitrogens is 1. The standard InChI is InChI=1S/C19H17N7.2H2/c1-2-7-21-17-4-3-13(10-22-17)15-11-23-18-16(15)12-24-19(26-18)25-14-5-8-20-9-6-14;;/h2-12H,1H3,(H,21,22)(H2,20,23,24,25,26);2*1H. The minimum atomic E-state index is 0. The van der Waals surface area contributed by atoms with Crippen LogP contribution in [0.1, 0.15) is 9.78 Å². The minimum Gasteiger partial charge on any atom is -0.347 e. The van der Waals surface area contributed by atoms with E-state index in [2.05, 4.69) is 35.6 Å². The van der Waals surface area contributed by atoms with Crippen molar-refractivity contribution in [2.24, 2.45) is 0 Å². The number of hydrogen-bond acceptors (Lipinski definition) is 6. The Morgan fingerprint density at radius 2 is 1.96 bits per heavy atom. The Hall–Kier alpha value is -3.74. The van der Waals surface area contributed by atoms with Gasteiger partial charge in [0.15, 0.2) is 0 Å². The SMILES string of the molecule is CC=CNc1ccc(-c2c[nH]c3nc(Nc4ccncc4)ncc23)cn1.[HH].[HH]. The van der Waals surface area contributed by atoms with Gasteiger partial charge in [0.05, 0.1) is 0 Å². The summed E-state index contributed by atoms with van der Waals surface area (Å²) in [7, 11) is 0. The zero-order valence-electron chi connectivity index (χ0n) is 14.1. The van der Waals surface area contributed by atoms with E-state index in [-0.39, 0.29) is 2.85 Å². The molecule has 7 nitrogen and oxygen atoms in total. The summed E-state index contributed by atoms with van der Waals surface area (Å²) in [4.78, 5) is 20.6. The molecule has 0 aliphatic heterocycles. The van der Waals surface area contributed by atoms with Crippen LogP contribution in [0.25, 0.3) is 22.2 Å². The van der Waals surface area contributed by atoms with Crippen LogP contribution in [0, 0.1) is 0 Å². The topological polar surface area (TPSA) is 91.4 Å². The van der Waals surface area contributed by atoms with Gasteiger partial charge >= 0.3 is 0 Å². The van der Waals surface area contributed by atoms with Crippen LogP contribution in [-0.2, 0) is 0 Å². The van der Waals surface area contributed by atoms with Crippen molar-refractivity contribution in [3.63, 3.8) is 0 Å². The van der Waals surface area contributed by atoms with Crippen molar-refractivity contribution >= 4 is 28.5 Å². The first-order valence-corrected chi connectivity index (χ1v) is 8.19. The molecule has 0 aliphatic rings. The van der Waals surface area contributed by atoms with Crippen molar-refractivity contribution in [1.29, 1.82) is 0 Å². The third-order valence-electron chi connectivity index (χ3n) is 3.84. The maximum Gasteiger partial charge on any atom is 0.229 e. The molecule has 0 unspecified atom stereocenters. The predicted octanol–water partition coefficient (Wildman–Crippen LogP) is 4.60. The number of anilines is 3. The van der Waals surface area contributed by atoms with Gasteiger partial charge in [0.1, 0.15) is 11.5 Å². The number of nitrogens with zero attached hydrogens (tertiary/aromatic N) is 4. The molecule has 0 radical (unpaired) electrons. The second-order valence-corrected chi connectivity index (χ2v) is 5.60. The summed E-state index contributed by atoms with van der Waals surface area (Å²) in [5.74, 6) is 1.33. The van der Waals surface area contributed by atoms with Gasteiger partial charge in [-0.05, 0) is 37.4 Å². The lowest BCUT2D eigenvalue weighted by atomic mass is 10.1. The van der Waals surface area contributed by atoms with E-state index in [0.29, 0.717) is 5.95 Å². The maximum absolute atomic E-state index is 4.53. The molecule has 4 aromatic rings. The van der Waals surface area contributed by atoms with Crippen LogP contribution in [-0.4, -0.2) is 24.9 Å². The smallest absolute Gasteiger partial charge is 0.229 e. The number of aromatic amines is 1. The van der Waals surface area contributed by atoms with Gasteiger partial charge in [-0.15, -0.1) is 0 Å². The molecule has 0 spiro atoms. The van der Waals surface area contributed by atoms with Gasteiger partial charge in [0, 0.05) is 56.0 Å². The van der Waals surface area contributed by atoms with Crippen molar-refractivity contribution in [3.8, 4) is 11.1 Å². The molecule has 0 saturated heterocycles. The van der Waals surface area contributed by atoms with Crippen LogP contribution < -0.4 is 10.6 Å². The fourth-order valence-electron chi connectivity index (χ4n) is 2.58. The van der Waals surface area contributed by atoms with E-state index in [4.69, 9.17) is 0 Å². The molecule has 7 heteroatoms. The molecule has 26 heavy (non-hydrogen) atoms. The summed E-state index contributed by atoms with van der Waals surface area (Å²) in [6.45, 7) is 1.95. The van der Waals surface area contributed by atoms with E-state index in [1.807, 2.05) is 62.1 Å². The van der Waals surface area contributed by atoms with E-state index in [0.717, 1.165) is 33.7 Å². The highest BCUT2D eigenvalue weighted by molar-refractivity contribution is 5.93. The zero-order chi connectivity index (χ0) is 17.8. The minimum absolute atomic E-state index is 0. The third-order valence-corrected chi connectivity index (χ3v) is 3.84. The third kappa shape index (κ3) is 3.23. The monoisotopic (exact) mass is 347 g/mol. The largest absolute Gasteiger partial charge is 0.347 e. The molecule has 0 bridgehead atoms. The van der Waals surface area contributed by atoms with E-state index in [1.54, 1.807) is 12.4 Å². The van der Waals surface area contributed by atoms with Crippen molar-refractivity contribution in [3.05, 3.63) is 67.5 Å². The number of rotatable bonds is 5. The number of allylic oxidation sites excluding steroid dienone is 1. The van der Waals surface area contributed by atoms with Crippen LogP contribution in [0.3, 0.4) is 0 Å².